The van der Waals surface area contributed by atoms with Crippen molar-refractivity contribution in [3.8, 4) is 0 Å². The minimum Gasteiger partial charge on any atom is -0.459 e. The van der Waals surface area contributed by atoms with Crippen molar-refractivity contribution in [2.45, 2.75) is 20.3 Å². The van der Waals surface area contributed by atoms with Gasteiger partial charge >= 0.3 is 0 Å². The summed E-state index contributed by atoms with van der Waals surface area (Å²) in [5.74, 6) is -0.0224. The Morgan fingerprint density at radius 3 is 2.48 bits per heavy atom. The Balaban J connectivity index is 1.78. The predicted molar refractivity (Wildman–Crippen MR) is 92.4 cm³/mol. The van der Waals surface area contributed by atoms with Crippen molar-refractivity contribution >= 4 is 21.8 Å². The van der Waals surface area contributed by atoms with Gasteiger partial charge in [0, 0.05) is 39.1 Å². The Hall–Kier alpha value is -1.87. The van der Waals surface area contributed by atoms with E-state index in [2.05, 4.69) is 5.32 Å². The predicted octanol–water partition coefficient (Wildman–Crippen LogP) is 0.530. The Labute approximate surface area is 148 Å². The van der Waals surface area contributed by atoms with Crippen LogP contribution in [0.3, 0.4) is 0 Å². The molecule has 9 heteroatoms. The van der Waals surface area contributed by atoms with Crippen molar-refractivity contribution in [1.82, 2.24) is 14.5 Å². The smallest absolute Gasteiger partial charge is 0.289 e. The SMILES string of the molecule is CC(C)CC(=O)NCCS(=O)(=O)N1CCN(C(=O)c2ccco2)CC1. The standard InChI is InChI=1S/C16H25N3O5S/c1-13(2)12-15(20)17-5-11-25(22,23)19-8-6-18(7-9-19)16(21)14-4-3-10-24-14/h3-4,10,13H,5-9,11-12H2,1-2H3,(H,17,20). The van der Waals surface area contributed by atoms with Crippen LogP contribution in [0.2, 0.25) is 0 Å². The summed E-state index contributed by atoms with van der Waals surface area (Å²) in [4.78, 5) is 25.3. The van der Waals surface area contributed by atoms with Crippen LogP contribution in [0.15, 0.2) is 22.8 Å². The first-order chi connectivity index (χ1) is 11.8. The summed E-state index contributed by atoms with van der Waals surface area (Å²) in [5.41, 5.74) is 0. The molecule has 1 aromatic heterocycles. The van der Waals surface area contributed by atoms with E-state index in [1.807, 2.05) is 13.8 Å². The lowest BCUT2D eigenvalue weighted by Crippen LogP contribution is -2.51. The molecule has 2 heterocycles. The molecule has 1 fully saturated rings. The molecule has 1 aromatic rings. The lowest BCUT2D eigenvalue weighted by atomic mass is 10.1. The molecule has 0 spiro atoms. The lowest BCUT2D eigenvalue weighted by molar-refractivity contribution is -0.121. The molecule has 0 unspecified atom stereocenters. The third kappa shape index (κ3) is 5.57. The van der Waals surface area contributed by atoms with Crippen LogP contribution in [0.4, 0.5) is 0 Å². The maximum Gasteiger partial charge on any atom is 0.289 e. The zero-order valence-electron chi connectivity index (χ0n) is 14.6. The fraction of sp³-hybridized carbons (Fsp3) is 0.625. The van der Waals surface area contributed by atoms with E-state index in [1.54, 1.807) is 17.0 Å². The van der Waals surface area contributed by atoms with Gasteiger partial charge in [0.2, 0.25) is 15.9 Å². The molecule has 1 saturated heterocycles. The molecule has 8 nitrogen and oxygen atoms in total. The van der Waals surface area contributed by atoms with Crippen LogP contribution < -0.4 is 5.32 Å². The summed E-state index contributed by atoms with van der Waals surface area (Å²) in [6.45, 7) is 5.08. The number of sulfonamides is 1. The van der Waals surface area contributed by atoms with Crippen molar-refractivity contribution in [3.05, 3.63) is 24.2 Å². The summed E-state index contributed by atoms with van der Waals surface area (Å²) >= 11 is 0. The Morgan fingerprint density at radius 2 is 1.92 bits per heavy atom. The molecule has 0 bridgehead atoms. The monoisotopic (exact) mass is 371 g/mol. The fourth-order valence-electron chi connectivity index (χ4n) is 2.62. The number of amides is 2. The van der Waals surface area contributed by atoms with Crippen LogP contribution in [0, 0.1) is 5.92 Å². The number of rotatable bonds is 7. The summed E-state index contributed by atoms with van der Waals surface area (Å²) in [5, 5.41) is 2.63. The number of carbonyl (C=O) groups is 2. The third-order valence-electron chi connectivity index (χ3n) is 3.93. The second-order valence-electron chi connectivity index (χ2n) is 6.43. The molecule has 0 atom stereocenters. The van der Waals surface area contributed by atoms with E-state index in [0.717, 1.165) is 0 Å². The molecular formula is C16H25N3O5S. The highest BCUT2D eigenvalue weighted by Gasteiger charge is 2.29. The number of nitrogens with zero attached hydrogens (tertiary/aromatic N) is 2. The minimum absolute atomic E-state index is 0.0967. The highest BCUT2D eigenvalue weighted by molar-refractivity contribution is 7.89. The molecular weight excluding hydrogens is 346 g/mol. The first-order valence-electron chi connectivity index (χ1n) is 8.37. The molecule has 0 aromatic carbocycles. The van der Waals surface area contributed by atoms with Crippen molar-refractivity contribution in [2.24, 2.45) is 5.92 Å². The van der Waals surface area contributed by atoms with Gasteiger partial charge < -0.3 is 14.6 Å². The number of nitrogens with one attached hydrogen (secondary N) is 1. The van der Waals surface area contributed by atoms with Gasteiger partial charge in [0.15, 0.2) is 5.76 Å². The lowest BCUT2D eigenvalue weighted by Gasteiger charge is -2.33. The van der Waals surface area contributed by atoms with Crippen LogP contribution in [0.5, 0.6) is 0 Å². The van der Waals surface area contributed by atoms with E-state index in [1.165, 1.54) is 10.6 Å². The van der Waals surface area contributed by atoms with E-state index in [9.17, 15) is 18.0 Å². The molecule has 25 heavy (non-hydrogen) atoms. The molecule has 1 N–H and O–H groups in total. The van der Waals surface area contributed by atoms with Gasteiger partial charge in [-0.2, -0.15) is 4.31 Å². The largest absolute Gasteiger partial charge is 0.459 e. The molecule has 0 radical (unpaired) electrons. The van der Waals surface area contributed by atoms with Gasteiger partial charge in [-0.3, -0.25) is 9.59 Å². The fourth-order valence-corrected chi connectivity index (χ4v) is 3.95. The third-order valence-corrected chi connectivity index (χ3v) is 5.80. The van der Waals surface area contributed by atoms with E-state index >= 15 is 0 Å². The first-order valence-corrected chi connectivity index (χ1v) is 9.98. The van der Waals surface area contributed by atoms with E-state index in [4.69, 9.17) is 4.42 Å². The molecule has 140 valence electrons. The average Bonchev–Trinajstić information content (AvgIpc) is 3.08. The number of piperazine rings is 1. The summed E-state index contributed by atoms with van der Waals surface area (Å²) in [7, 11) is -3.45. The minimum atomic E-state index is -3.45. The maximum atomic E-state index is 12.3. The zero-order valence-corrected chi connectivity index (χ0v) is 15.4. The zero-order chi connectivity index (χ0) is 18.4. The van der Waals surface area contributed by atoms with Crippen molar-refractivity contribution in [1.29, 1.82) is 0 Å². The quantitative estimate of drug-likeness (QED) is 0.754. The number of furan rings is 1. The molecule has 1 aliphatic rings. The summed E-state index contributed by atoms with van der Waals surface area (Å²) in [6, 6.07) is 3.23. The van der Waals surface area contributed by atoms with Gasteiger partial charge in [0.1, 0.15) is 0 Å². The molecule has 1 aliphatic heterocycles. The topological polar surface area (TPSA) is 99.9 Å². The Morgan fingerprint density at radius 1 is 1.24 bits per heavy atom. The molecule has 0 saturated carbocycles. The van der Waals surface area contributed by atoms with Crippen molar-refractivity contribution in [2.75, 3.05) is 38.5 Å². The van der Waals surface area contributed by atoms with E-state index < -0.39 is 10.0 Å². The van der Waals surface area contributed by atoms with Crippen LogP contribution in [-0.2, 0) is 14.8 Å². The van der Waals surface area contributed by atoms with Gasteiger partial charge in [-0.25, -0.2) is 8.42 Å². The highest BCUT2D eigenvalue weighted by atomic mass is 32.2. The van der Waals surface area contributed by atoms with Crippen LogP contribution in [0.25, 0.3) is 0 Å². The van der Waals surface area contributed by atoms with Gasteiger partial charge in [0.05, 0.1) is 12.0 Å². The van der Waals surface area contributed by atoms with Gasteiger partial charge in [-0.1, -0.05) is 13.8 Å². The Kier molecular flexibility index (Phi) is 6.60. The normalized spacial score (nSPS) is 16.2. The first kappa shape index (κ1) is 19.5. The summed E-state index contributed by atoms with van der Waals surface area (Å²) in [6.07, 6.45) is 1.81. The van der Waals surface area contributed by atoms with E-state index in [-0.39, 0.29) is 48.9 Å². The van der Waals surface area contributed by atoms with Crippen LogP contribution in [0.1, 0.15) is 30.8 Å². The molecule has 0 aliphatic carbocycles. The van der Waals surface area contributed by atoms with Crippen molar-refractivity contribution < 1.29 is 22.4 Å². The highest BCUT2D eigenvalue weighted by Crippen LogP contribution is 2.12. The number of hydrogen-bond donors (Lipinski definition) is 1. The second kappa shape index (κ2) is 8.48. The van der Waals surface area contributed by atoms with Gasteiger partial charge in [-0.05, 0) is 18.1 Å². The molecule has 2 rings (SSSR count). The number of hydrogen-bond acceptors (Lipinski definition) is 5. The van der Waals surface area contributed by atoms with Gasteiger partial charge in [0.25, 0.3) is 5.91 Å². The Bertz CT molecular complexity index is 677. The van der Waals surface area contributed by atoms with Crippen LogP contribution >= 0.6 is 0 Å². The second-order valence-corrected chi connectivity index (χ2v) is 8.52. The van der Waals surface area contributed by atoms with Crippen molar-refractivity contribution in [3.63, 3.8) is 0 Å². The van der Waals surface area contributed by atoms with Gasteiger partial charge in [-0.15, -0.1) is 0 Å². The number of carbonyl (C=O) groups excluding carboxylic acids is 2. The van der Waals surface area contributed by atoms with Crippen LogP contribution in [-0.4, -0.2) is 67.9 Å². The average molecular weight is 371 g/mol. The maximum absolute atomic E-state index is 12.3. The van der Waals surface area contributed by atoms with E-state index in [0.29, 0.717) is 19.5 Å². The molecule has 2 amide bonds. The summed E-state index contributed by atoms with van der Waals surface area (Å²) < 4.78 is 31.1.